The van der Waals surface area contributed by atoms with Gasteiger partial charge in [-0.05, 0) is 0 Å². The van der Waals surface area contributed by atoms with Crippen LogP contribution in [0.4, 0.5) is 0 Å². The summed E-state index contributed by atoms with van der Waals surface area (Å²) in [6, 6.07) is 29.3. The molecule has 0 fully saturated rings. The number of hydrogen-bond donors (Lipinski definition) is 0. The molecular weight excluding hydrogens is 507 g/mol. The van der Waals surface area contributed by atoms with Gasteiger partial charge < -0.3 is 0 Å². The molecule has 5 rings (SSSR count). The van der Waals surface area contributed by atoms with Crippen molar-refractivity contribution < 1.29 is 25.8 Å². The second kappa shape index (κ2) is 14.3. The smallest absolute Gasteiger partial charge is 0.0307 e. The SMILES string of the molecule is C[Si]C.[C-]1=CC=CC1.[Hf].c1ccc2[cH-]ccc2c1.c1ccc2[cH-]ccc2c1. The van der Waals surface area contributed by atoms with Crippen LogP contribution < -0.4 is 0 Å². The molecule has 0 spiro atoms. The molecule has 0 unspecified atom stereocenters. The molecule has 0 heterocycles. The molecule has 136 valence electrons. The standard InChI is InChI=1S/2C9H7.C5H5.C2H6Si.Hf/c2*1-2-5-9-7-3-6-8(9)4-1;1-2-4-5-3-1;1-3-2;/h2*1-7H;1-3H,4H2;1-2H3;/q3*-1;;. The molecule has 0 aromatic heterocycles. The number of hydrogen-bond acceptors (Lipinski definition) is 0. The van der Waals surface area contributed by atoms with Crippen molar-refractivity contribution in [3.63, 3.8) is 0 Å². The summed E-state index contributed by atoms with van der Waals surface area (Å²) in [5, 5.41) is 5.32. The topological polar surface area (TPSA) is 0 Å². The average molecular weight is 532 g/mol. The van der Waals surface area contributed by atoms with Gasteiger partial charge in [0.1, 0.15) is 0 Å². The van der Waals surface area contributed by atoms with Crippen LogP contribution in [-0.2, 0) is 25.8 Å². The van der Waals surface area contributed by atoms with Crippen molar-refractivity contribution in [2.24, 2.45) is 0 Å². The van der Waals surface area contributed by atoms with Crippen LogP contribution in [0.2, 0.25) is 13.1 Å². The van der Waals surface area contributed by atoms with Crippen molar-refractivity contribution in [2.45, 2.75) is 19.5 Å². The minimum absolute atomic E-state index is 0. The molecule has 0 saturated carbocycles. The molecule has 0 N–H and O–H groups in total. The Kier molecular flexibility index (Phi) is 12.3. The summed E-state index contributed by atoms with van der Waals surface area (Å²) in [7, 11) is 1.08. The van der Waals surface area contributed by atoms with Crippen LogP contribution in [0.1, 0.15) is 6.42 Å². The quantitative estimate of drug-likeness (QED) is 0.166. The number of rotatable bonds is 0. The van der Waals surface area contributed by atoms with Gasteiger partial charge in [-0.25, -0.2) is 12.2 Å². The second-order valence-corrected chi connectivity index (χ2v) is 6.81. The van der Waals surface area contributed by atoms with Crippen LogP contribution in [-0.4, -0.2) is 9.52 Å². The van der Waals surface area contributed by atoms with Crippen molar-refractivity contribution in [1.82, 2.24) is 0 Å². The Labute approximate surface area is 185 Å². The van der Waals surface area contributed by atoms with E-state index < -0.39 is 0 Å². The zero-order valence-electron chi connectivity index (χ0n) is 16.0. The molecule has 1 aliphatic rings. The van der Waals surface area contributed by atoms with Gasteiger partial charge in [0.15, 0.2) is 0 Å². The molecule has 27 heavy (non-hydrogen) atoms. The Morgan fingerprint density at radius 2 is 1.26 bits per heavy atom. The first-order valence-corrected chi connectivity index (χ1v) is 10.9. The molecule has 1 aliphatic carbocycles. The Hall–Kier alpha value is -1.77. The first-order valence-electron chi connectivity index (χ1n) is 8.86. The summed E-state index contributed by atoms with van der Waals surface area (Å²) < 4.78 is 0. The second-order valence-electron chi connectivity index (χ2n) is 5.81. The largest absolute Gasteiger partial charge is 0.273 e. The minimum atomic E-state index is 0. The maximum atomic E-state index is 2.99. The molecule has 0 bridgehead atoms. The minimum Gasteiger partial charge on any atom is -0.273 e. The van der Waals surface area contributed by atoms with E-state index in [2.05, 4.69) is 110 Å². The Morgan fingerprint density at radius 3 is 1.59 bits per heavy atom. The van der Waals surface area contributed by atoms with Gasteiger partial charge in [0.05, 0.1) is 0 Å². The van der Waals surface area contributed by atoms with E-state index in [0.29, 0.717) is 0 Å². The first-order chi connectivity index (χ1) is 12.8. The van der Waals surface area contributed by atoms with Gasteiger partial charge in [0.25, 0.3) is 0 Å². The van der Waals surface area contributed by atoms with Crippen molar-refractivity contribution >= 4 is 31.1 Å². The van der Waals surface area contributed by atoms with Gasteiger partial charge in [-0.3, -0.25) is 6.08 Å². The molecule has 0 atom stereocenters. The molecular formula is C25H25HfSi-3. The van der Waals surface area contributed by atoms with Crippen molar-refractivity contribution in [2.75, 3.05) is 0 Å². The fourth-order valence-electron chi connectivity index (χ4n) is 2.48. The summed E-state index contributed by atoms with van der Waals surface area (Å²) in [6.45, 7) is 4.31. The van der Waals surface area contributed by atoms with Crippen LogP contribution in [0.3, 0.4) is 0 Å². The van der Waals surface area contributed by atoms with Crippen LogP contribution in [0.5, 0.6) is 0 Å². The van der Waals surface area contributed by atoms with Gasteiger partial charge in [0.2, 0.25) is 0 Å². The number of allylic oxidation sites excluding steroid dienone is 4. The van der Waals surface area contributed by atoms with E-state index in [-0.39, 0.29) is 25.8 Å². The van der Waals surface area contributed by atoms with Crippen LogP contribution in [0.15, 0.2) is 103 Å². The Balaban J connectivity index is 0.000000192. The number of fused-ring (bicyclic) bond motifs is 2. The molecule has 0 saturated heterocycles. The van der Waals surface area contributed by atoms with Crippen molar-refractivity contribution in [3.05, 3.63) is 109 Å². The van der Waals surface area contributed by atoms with Crippen molar-refractivity contribution in [3.8, 4) is 0 Å². The molecule has 0 nitrogen and oxygen atoms in total. The van der Waals surface area contributed by atoms with E-state index >= 15 is 0 Å². The fraction of sp³-hybridized carbons (Fsp3) is 0.120. The summed E-state index contributed by atoms with van der Waals surface area (Å²) in [5.74, 6) is 0. The fourth-order valence-corrected chi connectivity index (χ4v) is 2.48. The Morgan fingerprint density at radius 1 is 0.778 bits per heavy atom. The molecule has 4 aromatic carbocycles. The van der Waals surface area contributed by atoms with Gasteiger partial charge in [0, 0.05) is 35.4 Å². The van der Waals surface area contributed by atoms with Gasteiger partial charge in [-0.15, -0.1) is 65.7 Å². The van der Waals surface area contributed by atoms with E-state index in [4.69, 9.17) is 0 Å². The molecule has 2 radical (unpaired) electrons. The summed E-state index contributed by atoms with van der Waals surface area (Å²) in [4.78, 5) is 0. The van der Waals surface area contributed by atoms with Gasteiger partial charge in [-0.1, -0.05) is 25.2 Å². The molecule has 4 aromatic rings. The van der Waals surface area contributed by atoms with E-state index in [0.717, 1.165) is 15.9 Å². The van der Waals surface area contributed by atoms with Gasteiger partial charge in [-0.2, -0.15) is 41.1 Å². The molecule has 0 amide bonds. The van der Waals surface area contributed by atoms with Crippen LogP contribution >= 0.6 is 0 Å². The molecule has 0 aliphatic heterocycles. The molecule has 2 heteroatoms. The summed E-state index contributed by atoms with van der Waals surface area (Å²) in [5.41, 5.74) is 0. The van der Waals surface area contributed by atoms with E-state index in [9.17, 15) is 0 Å². The Bertz CT molecular complexity index is 791. The summed E-state index contributed by atoms with van der Waals surface area (Å²) >= 11 is 0. The first kappa shape index (κ1) is 23.3. The van der Waals surface area contributed by atoms with E-state index in [1.807, 2.05) is 12.2 Å². The maximum Gasteiger partial charge on any atom is 0.0307 e. The maximum absolute atomic E-state index is 2.99. The predicted octanol–water partition coefficient (Wildman–Crippen LogP) is 7.21. The average Bonchev–Trinajstić information content (AvgIpc) is 3.46. The number of benzene rings is 2. The van der Waals surface area contributed by atoms with Gasteiger partial charge >= 0.3 is 0 Å². The zero-order chi connectivity index (χ0) is 18.5. The third kappa shape index (κ3) is 8.64. The monoisotopic (exact) mass is 533 g/mol. The summed E-state index contributed by atoms with van der Waals surface area (Å²) in [6.07, 6.45) is 10.0. The van der Waals surface area contributed by atoms with E-state index in [1.54, 1.807) is 0 Å². The normalized spacial score (nSPS) is 10.7. The zero-order valence-corrected chi connectivity index (χ0v) is 20.6. The van der Waals surface area contributed by atoms with Crippen LogP contribution in [0.25, 0.3) is 21.5 Å². The van der Waals surface area contributed by atoms with Crippen LogP contribution in [0, 0.1) is 6.08 Å². The van der Waals surface area contributed by atoms with E-state index in [1.165, 1.54) is 21.5 Å². The third-order valence-electron chi connectivity index (χ3n) is 3.68. The third-order valence-corrected chi connectivity index (χ3v) is 3.68. The predicted molar refractivity (Wildman–Crippen MR) is 118 cm³/mol. The van der Waals surface area contributed by atoms with Crippen molar-refractivity contribution in [1.29, 1.82) is 0 Å².